The Morgan fingerprint density at radius 3 is 2.32 bits per heavy atom. The zero-order valence-corrected chi connectivity index (χ0v) is 11.9. The second kappa shape index (κ2) is 9.74. The second-order valence-corrected chi connectivity index (χ2v) is 5.21. The van der Waals surface area contributed by atoms with Crippen LogP contribution < -0.4 is 0 Å². The van der Waals surface area contributed by atoms with Crippen LogP contribution in [0.2, 0.25) is 0 Å². The van der Waals surface area contributed by atoms with E-state index < -0.39 is 6.10 Å². The van der Waals surface area contributed by atoms with Crippen molar-refractivity contribution in [1.29, 1.82) is 0 Å². The Kier molecular flexibility index (Phi) is 8.15. The van der Waals surface area contributed by atoms with Gasteiger partial charge >= 0.3 is 0 Å². The maximum atomic E-state index is 11.1. The third-order valence-electron chi connectivity index (χ3n) is 3.61. The van der Waals surface area contributed by atoms with Crippen molar-refractivity contribution >= 4 is 6.29 Å². The number of rotatable bonds is 10. The molecular formula is C17H26O2. The Bertz CT molecular complexity index is 334. The van der Waals surface area contributed by atoms with Gasteiger partial charge in [0.1, 0.15) is 6.29 Å². The molecule has 1 aromatic carbocycles. The molecule has 0 heterocycles. The van der Waals surface area contributed by atoms with Gasteiger partial charge in [-0.3, -0.25) is 0 Å². The van der Waals surface area contributed by atoms with Crippen LogP contribution in [0.3, 0.4) is 0 Å². The van der Waals surface area contributed by atoms with Crippen LogP contribution in [0.25, 0.3) is 0 Å². The number of aldehydes is 1. The third kappa shape index (κ3) is 6.02. The van der Waals surface area contributed by atoms with Gasteiger partial charge in [0.25, 0.3) is 0 Å². The van der Waals surface area contributed by atoms with Crippen LogP contribution in [-0.2, 0) is 4.79 Å². The Hall–Kier alpha value is -1.15. The number of carbonyl (C=O) groups is 1. The van der Waals surface area contributed by atoms with E-state index in [1.165, 1.54) is 25.7 Å². The summed E-state index contributed by atoms with van der Waals surface area (Å²) in [5, 5.41) is 10.2. The molecule has 2 heteroatoms. The number of aliphatic hydroxyl groups excluding tert-OH is 1. The van der Waals surface area contributed by atoms with Crippen molar-refractivity contribution in [2.24, 2.45) is 5.92 Å². The van der Waals surface area contributed by atoms with E-state index in [2.05, 4.69) is 6.92 Å². The van der Waals surface area contributed by atoms with Crippen LogP contribution in [0, 0.1) is 5.92 Å². The Labute approximate surface area is 116 Å². The summed E-state index contributed by atoms with van der Waals surface area (Å²) in [6.07, 6.45) is 8.28. The van der Waals surface area contributed by atoms with Crippen LogP contribution in [0.15, 0.2) is 30.3 Å². The fourth-order valence-electron chi connectivity index (χ4n) is 2.36. The molecule has 0 aliphatic rings. The zero-order chi connectivity index (χ0) is 13.9. The van der Waals surface area contributed by atoms with Crippen LogP contribution in [-0.4, -0.2) is 11.4 Å². The lowest BCUT2D eigenvalue weighted by Gasteiger charge is -2.17. The van der Waals surface area contributed by atoms with Gasteiger partial charge in [-0.1, -0.05) is 75.8 Å². The molecule has 0 fully saturated rings. The molecule has 1 N–H and O–H groups in total. The number of benzene rings is 1. The SMILES string of the molecule is CCCCCCCC[C@@H](C=O)[C@H](O)c1ccccc1. The molecular weight excluding hydrogens is 236 g/mol. The minimum atomic E-state index is -0.658. The standard InChI is InChI=1S/C17H26O2/c1-2-3-4-5-6-8-13-16(14-18)17(19)15-11-9-7-10-12-15/h7,9-12,14,16-17,19H,2-6,8,13H2,1H3/t16-,17+/m0/s1. The first kappa shape index (κ1) is 15.9. The topological polar surface area (TPSA) is 37.3 Å². The van der Waals surface area contributed by atoms with Crippen molar-refractivity contribution < 1.29 is 9.90 Å². The minimum Gasteiger partial charge on any atom is -0.388 e. The number of aliphatic hydroxyl groups is 1. The quantitative estimate of drug-likeness (QED) is 0.504. The average molecular weight is 262 g/mol. The van der Waals surface area contributed by atoms with E-state index in [0.717, 1.165) is 31.1 Å². The average Bonchev–Trinajstić information content (AvgIpc) is 2.47. The zero-order valence-electron chi connectivity index (χ0n) is 11.9. The molecule has 0 saturated carbocycles. The highest BCUT2D eigenvalue weighted by Gasteiger charge is 2.19. The van der Waals surface area contributed by atoms with E-state index in [1.54, 1.807) is 0 Å². The molecule has 0 aliphatic carbocycles. The molecule has 0 radical (unpaired) electrons. The molecule has 1 rings (SSSR count). The van der Waals surface area contributed by atoms with E-state index in [1.807, 2.05) is 30.3 Å². The molecule has 0 aromatic heterocycles. The highest BCUT2D eigenvalue weighted by Crippen LogP contribution is 2.25. The first-order chi connectivity index (χ1) is 9.29. The lowest BCUT2D eigenvalue weighted by molar-refractivity contribution is -0.114. The molecule has 2 nitrogen and oxygen atoms in total. The summed E-state index contributed by atoms with van der Waals surface area (Å²) in [5.41, 5.74) is 0.839. The fraction of sp³-hybridized carbons (Fsp3) is 0.588. The molecule has 2 atom stereocenters. The molecule has 106 valence electrons. The van der Waals surface area contributed by atoms with Crippen LogP contribution in [0.5, 0.6) is 0 Å². The Morgan fingerprint density at radius 2 is 1.68 bits per heavy atom. The molecule has 0 amide bonds. The highest BCUT2D eigenvalue weighted by atomic mass is 16.3. The van der Waals surface area contributed by atoms with Gasteiger partial charge in [-0.2, -0.15) is 0 Å². The smallest absolute Gasteiger partial charge is 0.126 e. The van der Waals surface area contributed by atoms with Crippen molar-refractivity contribution in [3.8, 4) is 0 Å². The van der Waals surface area contributed by atoms with Gasteiger partial charge < -0.3 is 9.90 Å². The van der Waals surface area contributed by atoms with Crippen molar-refractivity contribution in [3.05, 3.63) is 35.9 Å². The lowest BCUT2D eigenvalue weighted by atomic mass is 9.92. The summed E-state index contributed by atoms with van der Waals surface area (Å²) in [5.74, 6) is -0.270. The van der Waals surface area contributed by atoms with Gasteiger partial charge in [0.2, 0.25) is 0 Å². The predicted octanol–water partition coefficient (Wildman–Crippen LogP) is 4.29. The largest absolute Gasteiger partial charge is 0.388 e. The summed E-state index contributed by atoms with van der Waals surface area (Å²) in [6, 6.07) is 9.46. The van der Waals surface area contributed by atoms with Gasteiger partial charge in [0.15, 0.2) is 0 Å². The molecule has 0 unspecified atom stereocenters. The summed E-state index contributed by atoms with van der Waals surface area (Å²) in [6.45, 7) is 2.21. The summed E-state index contributed by atoms with van der Waals surface area (Å²) in [4.78, 5) is 11.1. The van der Waals surface area contributed by atoms with Gasteiger partial charge in [0, 0.05) is 5.92 Å². The van der Waals surface area contributed by atoms with Crippen LogP contribution in [0.1, 0.15) is 63.5 Å². The Morgan fingerprint density at radius 1 is 1.05 bits per heavy atom. The molecule has 1 aromatic rings. The van der Waals surface area contributed by atoms with Crippen molar-refractivity contribution in [2.75, 3.05) is 0 Å². The maximum Gasteiger partial charge on any atom is 0.126 e. The molecule has 0 bridgehead atoms. The summed E-state index contributed by atoms with van der Waals surface area (Å²) < 4.78 is 0. The van der Waals surface area contributed by atoms with E-state index in [9.17, 15) is 9.90 Å². The number of hydrogen-bond donors (Lipinski definition) is 1. The van der Waals surface area contributed by atoms with Crippen LogP contribution >= 0.6 is 0 Å². The van der Waals surface area contributed by atoms with Crippen molar-refractivity contribution in [3.63, 3.8) is 0 Å². The fourth-order valence-corrected chi connectivity index (χ4v) is 2.36. The normalized spacial score (nSPS) is 14.0. The first-order valence-electron chi connectivity index (χ1n) is 7.48. The van der Waals surface area contributed by atoms with E-state index >= 15 is 0 Å². The molecule has 0 spiro atoms. The highest BCUT2D eigenvalue weighted by molar-refractivity contribution is 5.55. The lowest BCUT2D eigenvalue weighted by Crippen LogP contribution is -2.14. The molecule has 19 heavy (non-hydrogen) atoms. The first-order valence-corrected chi connectivity index (χ1v) is 7.48. The number of hydrogen-bond acceptors (Lipinski definition) is 2. The van der Waals surface area contributed by atoms with Gasteiger partial charge in [-0.05, 0) is 12.0 Å². The van der Waals surface area contributed by atoms with Gasteiger partial charge in [0.05, 0.1) is 6.10 Å². The molecule has 0 aliphatic heterocycles. The third-order valence-corrected chi connectivity index (χ3v) is 3.61. The molecule has 0 saturated heterocycles. The maximum absolute atomic E-state index is 11.1. The van der Waals surface area contributed by atoms with Gasteiger partial charge in [-0.15, -0.1) is 0 Å². The predicted molar refractivity (Wildman–Crippen MR) is 78.9 cm³/mol. The van der Waals surface area contributed by atoms with E-state index in [0.29, 0.717) is 0 Å². The summed E-state index contributed by atoms with van der Waals surface area (Å²) in [7, 11) is 0. The second-order valence-electron chi connectivity index (χ2n) is 5.21. The van der Waals surface area contributed by atoms with E-state index in [-0.39, 0.29) is 5.92 Å². The number of carbonyl (C=O) groups excluding carboxylic acids is 1. The minimum absolute atomic E-state index is 0.270. The van der Waals surface area contributed by atoms with Gasteiger partial charge in [-0.25, -0.2) is 0 Å². The van der Waals surface area contributed by atoms with Crippen molar-refractivity contribution in [2.45, 2.75) is 58.0 Å². The van der Waals surface area contributed by atoms with E-state index in [4.69, 9.17) is 0 Å². The van der Waals surface area contributed by atoms with Crippen molar-refractivity contribution in [1.82, 2.24) is 0 Å². The Balaban J connectivity index is 2.31. The summed E-state index contributed by atoms with van der Waals surface area (Å²) >= 11 is 0. The number of unbranched alkanes of at least 4 members (excludes halogenated alkanes) is 5. The van der Waals surface area contributed by atoms with Crippen LogP contribution in [0.4, 0.5) is 0 Å². The monoisotopic (exact) mass is 262 g/mol.